The zero-order valence-corrected chi connectivity index (χ0v) is 17.3. The van der Waals surface area contributed by atoms with Crippen molar-refractivity contribution in [3.63, 3.8) is 0 Å². The van der Waals surface area contributed by atoms with E-state index in [1.165, 1.54) is 0 Å². The van der Waals surface area contributed by atoms with Gasteiger partial charge >= 0.3 is 19.5 Å². The van der Waals surface area contributed by atoms with Crippen LogP contribution in [0.2, 0.25) is 0 Å². The summed E-state index contributed by atoms with van der Waals surface area (Å²) in [5.74, 6) is -0.850. The molecule has 8 heteroatoms. The second-order valence-electron chi connectivity index (χ2n) is 5.87. The van der Waals surface area contributed by atoms with E-state index in [1.807, 2.05) is 6.92 Å². The Bertz CT molecular complexity index is 452. The van der Waals surface area contributed by atoms with Crippen molar-refractivity contribution in [3.8, 4) is 0 Å². The lowest BCUT2D eigenvalue weighted by Crippen LogP contribution is -2.05. The molecular formula is C19H33O7P. The summed E-state index contributed by atoms with van der Waals surface area (Å²) >= 11 is 0. The molecule has 0 aromatic carbocycles. The molecule has 0 aromatic rings. The highest BCUT2D eigenvalue weighted by molar-refractivity contribution is 7.53. The quantitative estimate of drug-likeness (QED) is 0.145. The van der Waals surface area contributed by atoms with Crippen molar-refractivity contribution in [2.24, 2.45) is 0 Å². The lowest BCUT2D eigenvalue weighted by molar-refractivity contribution is -0.138. The molecule has 0 rings (SSSR count). The van der Waals surface area contributed by atoms with Gasteiger partial charge < -0.3 is 18.5 Å². The lowest BCUT2D eigenvalue weighted by atomic mass is 10.2. The lowest BCUT2D eigenvalue weighted by Gasteiger charge is -2.18. The average Bonchev–Trinajstić information content (AvgIpc) is 2.66. The first kappa shape index (κ1) is 25.6. The van der Waals surface area contributed by atoms with Crippen LogP contribution in [0.3, 0.4) is 0 Å². The molecule has 0 saturated heterocycles. The van der Waals surface area contributed by atoms with Crippen LogP contribution in [0.1, 0.15) is 51.9 Å². The van der Waals surface area contributed by atoms with Crippen LogP contribution < -0.4 is 0 Å². The maximum absolute atomic E-state index is 12.6. The van der Waals surface area contributed by atoms with E-state index in [2.05, 4.69) is 13.2 Å². The van der Waals surface area contributed by atoms with Gasteiger partial charge in [0.05, 0.1) is 26.4 Å². The van der Waals surface area contributed by atoms with Gasteiger partial charge in [0.15, 0.2) is 0 Å². The van der Waals surface area contributed by atoms with Crippen molar-refractivity contribution in [3.05, 3.63) is 25.3 Å². The third kappa shape index (κ3) is 15.3. The van der Waals surface area contributed by atoms with Crippen molar-refractivity contribution < 1.29 is 32.7 Å². The summed E-state index contributed by atoms with van der Waals surface area (Å²) in [4.78, 5) is 21.8. The summed E-state index contributed by atoms with van der Waals surface area (Å²) in [6.07, 6.45) is 7.86. The number of carbonyl (C=O) groups is 2. The van der Waals surface area contributed by atoms with Crippen LogP contribution in [-0.4, -0.2) is 44.5 Å². The molecule has 0 bridgehead atoms. The molecular weight excluding hydrogens is 371 g/mol. The number of carbonyl (C=O) groups excluding carboxylic acids is 2. The van der Waals surface area contributed by atoms with Gasteiger partial charge in [-0.15, -0.1) is 0 Å². The van der Waals surface area contributed by atoms with Crippen molar-refractivity contribution in [1.82, 2.24) is 0 Å². The highest BCUT2D eigenvalue weighted by Crippen LogP contribution is 2.49. The van der Waals surface area contributed by atoms with Gasteiger partial charge in [0.25, 0.3) is 0 Å². The van der Waals surface area contributed by atoms with E-state index in [9.17, 15) is 14.2 Å². The molecule has 0 aliphatic heterocycles. The normalized spacial score (nSPS) is 11.0. The zero-order chi connectivity index (χ0) is 20.4. The molecule has 0 fully saturated rings. The first-order valence-electron chi connectivity index (χ1n) is 9.44. The summed E-state index contributed by atoms with van der Waals surface area (Å²) in [6, 6.07) is 0. The zero-order valence-electron chi connectivity index (χ0n) is 16.4. The average molecular weight is 404 g/mol. The molecule has 0 N–H and O–H groups in total. The standard InChI is InChI=1S/C19H33O7P/c1-4-17-27(22,25-15-11-7-9-13-23-18(20)5-2)26-16-12-8-10-14-24-19(21)6-3/h5-6H,2-4,7-17H2,1H3. The minimum Gasteiger partial charge on any atom is -0.463 e. The fourth-order valence-corrected chi connectivity index (χ4v) is 3.77. The van der Waals surface area contributed by atoms with Gasteiger partial charge in [-0.3, -0.25) is 4.57 Å². The first-order valence-corrected chi connectivity index (χ1v) is 11.2. The molecule has 0 unspecified atom stereocenters. The molecule has 27 heavy (non-hydrogen) atoms. The second kappa shape index (κ2) is 16.7. The maximum atomic E-state index is 12.6. The topological polar surface area (TPSA) is 88.1 Å². The van der Waals surface area contributed by atoms with Crippen LogP contribution in [0.15, 0.2) is 25.3 Å². The summed E-state index contributed by atoms with van der Waals surface area (Å²) in [5, 5.41) is 0. The Morgan fingerprint density at radius 1 is 0.778 bits per heavy atom. The van der Waals surface area contributed by atoms with E-state index in [0.29, 0.717) is 39.0 Å². The van der Waals surface area contributed by atoms with E-state index < -0.39 is 19.5 Å². The molecule has 7 nitrogen and oxygen atoms in total. The van der Waals surface area contributed by atoms with E-state index in [4.69, 9.17) is 18.5 Å². The molecule has 156 valence electrons. The van der Waals surface area contributed by atoms with E-state index >= 15 is 0 Å². The monoisotopic (exact) mass is 404 g/mol. The van der Waals surface area contributed by atoms with Gasteiger partial charge in [-0.2, -0.15) is 0 Å². The van der Waals surface area contributed by atoms with Crippen molar-refractivity contribution >= 4 is 19.5 Å². The molecule has 0 aliphatic rings. The van der Waals surface area contributed by atoms with Gasteiger partial charge in [-0.1, -0.05) is 20.1 Å². The molecule has 0 saturated carbocycles. The highest BCUT2D eigenvalue weighted by atomic mass is 31.2. The third-order valence-electron chi connectivity index (χ3n) is 3.47. The fourth-order valence-electron chi connectivity index (χ4n) is 2.07. The summed E-state index contributed by atoms with van der Waals surface area (Å²) in [5.41, 5.74) is 0. The van der Waals surface area contributed by atoms with Crippen LogP contribution in [0.4, 0.5) is 0 Å². The Morgan fingerprint density at radius 3 is 1.56 bits per heavy atom. The summed E-state index contributed by atoms with van der Waals surface area (Å²) in [6.45, 7) is 9.97. The molecule has 0 aromatic heterocycles. The predicted molar refractivity (Wildman–Crippen MR) is 105 cm³/mol. The molecule has 0 spiro atoms. The van der Waals surface area contributed by atoms with Gasteiger partial charge in [-0.05, 0) is 44.9 Å². The molecule has 0 heterocycles. The Labute approximate surface area is 162 Å². The Balaban J connectivity index is 3.82. The predicted octanol–water partition coefficient (Wildman–Crippen LogP) is 4.42. The van der Waals surface area contributed by atoms with E-state index in [0.717, 1.165) is 50.7 Å². The molecule has 0 atom stereocenters. The third-order valence-corrected chi connectivity index (χ3v) is 5.62. The Hall–Kier alpha value is -1.43. The van der Waals surface area contributed by atoms with Crippen molar-refractivity contribution in [1.29, 1.82) is 0 Å². The summed E-state index contributed by atoms with van der Waals surface area (Å²) < 4.78 is 33.4. The Kier molecular flexibility index (Phi) is 15.8. The first-order chi connectivity index (χ1) is 13.0. The SMILES string of the molecule is C=CC(=O)OCCCCCOP(=O)(CCC)OCCCCCOC(=O)C=C. The number of hydrogen-bond donors (Lipinski definition) is 0. The van der Waals surface area contributed by atoms with Crippen LogP contribution in [-0.2, 0) is 32.7 Å². The number of rotatable bonds is 18. The smallest absolute Gasteiger partial charge is 0.330 e. The highest BCUT2D eigenvalue weighted by Gasteiger charge is 2.22. The number of hydrogen-bond acceptors (Lipinski definition) is 7. The largest absolute Gasteiger partial charge is 0.463 e. The van der Waals surface area contributed by atoms with Crippen LogP contribution >= 0.6 is 7.60 Å². The number of esters is 2. The molecule has 0 radical (unpaired) electrons. The van der Waals surface area contributed by atoms with Crippen molar-refractivity contribution in [2.45, 2.75) is 51.9 Å². The van der Waals surface area contributed by atoms with Gasteiger partial charge in [0, 0.05) is 18.3 Å². The van der Waals surface area contributed by atoms with Gasteiger partial charge in [0.2, 0.25) is 0 Å². The minimum absolute atomic E-state index is 0.343. The van der Waals surface area contributed by atoms with Gasteiger partial charge in [0.1, 0.15) is 0 Å². The number of ether oxygens (including phenoxy) is 2. The molecule has 0 amide bonds. The van der Waals surface area contributed by atoms with Gasteiger partial charge in [-0.25, -0.2) is 9.59 Å². The van der Waals surface area contributed by atoms with E-state index in [-0.39, 0.29) is 0 Å². The minimum atomic E-state index is -3.07. The molecule has 0 aliphatic carbocycles. The van der Waals surface area contributed by atoms with Crippen LogP contribution in [0.25, 0.3) is 0 Å². The Morgan fingerprint density at radius 2 is 1.19 bits per heavy atom. The van der Waals surface area contributed by atoms with Crippen molar-refractivity contribution in [2.75, 3.05) is 32.6 Å². The second-order valence-corrected chi connectivity index (χ2v) is 8.05. The van der Waals surface area contributed by atoms with Crippen LogP contribution in [0.5, 0.6) is 0 Å². The maximum Gasteiger partial charge on any atom is 0.330 e. The fraction of sp³-hybridized carbons (Fsp3) is 0.684. The number of unbranched alkanes of at least 4 members (excludes halogenated alkanes) is 4. The van der Waals surface area contributed by atoms with Crippen LogP contribution in [0, 0.1) is 0 Å². The van der Waals surface area contributed by atoms with E-state index in [1.54, 1.807) is 0 Å². The summed E-state index contributed by atoms with van der Waals surface area (Å²) in [7, 11) is -3.07.